The number of anilines is 1. The highest BCUT2D eigenvalue weighted by atomic mass is 32.1. The summed E-state index contributed by atoms with van der Waals surface area (Å²) in [4.78, 5) is 10.5. The van der Waals surface area contributed by atoms with Crippen LogP contribution < -0.4 is 10.0 Å². The Morgan fingerprint density at radius 2 is 2.45 bits per heavy atom. The predicted octanol–water partition coefficient (Wildman–Crippen LogP) is 0.648. The Balaban J connectivity index is 2.87. The summed E-state index contributed by atoms with van der Waals surface area (Å²) in [6.45, 7) is 3.06. The molecule has 0 saturated heterocycles. The molecule has 0 aliphatic carbocycles. The number of amides is 1. The van der Waals surface area contributed by atoms with Gasteiger partial charge >= 0.3 is 11.0 Å². The first kappa shape index (κ1) is 8.00. The van der Waals surface area contributed by atoms with Crippen molar-refractivity contribution in [2.75, 3.05) is 5.32 Å². The fourth-order valence-electron chi connectivity index (χ4n) is 0.628. The fourth-order valence-corrected chi connectivity index (χ4v) is 1.45. The quantitative estimate of drug-likeness (QED) is 0.499. The van der Waals surface area contributed by atoms with Gasteiger partial charge in [0.05, 0.1) is 0 Å². The van der Waals surface area contributed by atoms with Crippen molar-refractivity contribution in [2.45, 2.75) is 13.8 Å². The van der Waals surface area contributed by atoms with Crippen LogP contribution >= 0.6 is 11.3 Å². The maximum Gasteiger partial charge on any atom is 0.344 e. The van der Waals surface area contributed by atoms with Crippen molar-refractivity contribution in [1.29, 1.82) is 0 Å². The molecule has 0 aliphatic rings. The summed E-state index contributed by atoms with van der Waals surface area (Å²) in [6.07, 6.45) is 0. The number of aromatic nitrogens is 1. The molecule has 0 aliphatic heterocycles. The lowest BCUT2D eigenvalue weighted by Gasteiger charge is -2.01. The normalized spacial score (nSPS) is 9.64. The molecule has 60 valence electrons. The summed E-state index contributed by atoms with van der Waals surface area (Å²) in [6, 6.07) is 0. The van der Waals surface area contributed by atoms with Crippen molar-refractivity contribution in [3.8, 4) is 0 Å². The lowest BCUT2D eigenvalue weighted by Crippen LogP contribution is -2.31. The number of aryl methyl sites for hydroxylation is 1. The second-order valence-corrected chi connectivity index (χ2v) is 3.02. The summed E-state index contributed by atoms with van der Waals surface area (Å²) in [5, 5.41) is 15.5. The van der Waals surface area contributed by atoms with Gasteiger partial charge in [-0.2, -0.15) is 0 Å². The molecule has 4 nitrogen and oxygen atoms in total. The van der Waals surface area contributed by atoms with Gasteiger partial charge in [-0.25, -0.2) is 14.8 Å². The van der Waals surface area contributed by atoms with Crippen molar-refractivity contribution in [1.82, 2.24) is 0 Å². The summed E-state index contributed by atoms with van der Waals surface area (Å²) in [7, 11) is 0. The van der Waals surface area contributed by atoms with Gasteiger partial charge in [-0.15, -0.1) is 0 Å². The largest absolute Gasteiger partial charge is 0.710 e. The number of carbonyl (C=O) groups is 1. The van der Waals surface area contributed by atoms with E-state index >= 15 is 0 Å². The second kappa shape index (κ2) is 2.87. The summed E-state index contributed by atoms with van der Waals surface area (Å²) >= 11 is 1.22. The van der Waals surface area contributed by atoms with Gasteiger partial charge in [0.2, 0.25) is 0 Å². The molecule has 1 aromatic heterocycles. The standard InChI is InChI=1S/C6H8N2O2S/c1-4-3-11-6(8(4)10)7-5(2)9/h3H,1-2H3,(H,7,9). The molecular weight excluding hydrogens is 164 g/mol. The highest BCUT2D eigenvalue weighted by Crippen LogP contribution is 2.11. The molecule has 1 aromatic rings. The van der Waals surface area contributed by atoms with Crippen LogP contribution in [0, 0.1) is 12.1 Å². The molecule has 0 aromatic carbocycles. The molecule has 0 spiro atoms. The molecule has 1 heterocycles. The molecule has 1 N–H and O–H groups in total. The van der Waals surface area contributed by atoms with E-state index in [1.165, 1.54) is 18.3 Å². The van der Waals surface area contributed by atoms with E-state index in [9.17, 15) is 10.0 Å². The van der Waals surface area contributed by atoms with Crippen LogP contribution in [-0.4, -0.2) is 5.91 Å². The number of hydrogen-bond acceptors (Lipinski definition) is 3. The van der Waals surface area contributed by atoms with Crippen LogP contribution in [0.1, 0.15) is 12.6 Å². The van der Waals surface area contributed by atoms with E-state index in [0.717, 1.165) is 0 Å². The van der Waals surface area contributed by atoms with Crippen molar-refractivity contribution in [2.24, 2.45) is 0 Å². The highest BCUT2D eigenvalue weighted by Gasteiger charge is 2.10. The van der Waals surface area contributed by atoms with Crippen LogP contribution in [0.25, 0.3) is 0 Å². The van der Waals surface area contributed by atoms with Crippen LogP contribution in [0.3, 0.4) is 0 Å². The average Bonchev–Trinajstić information content (AvgIpc) is 2.18. The Labute approximate surface area is 68.1 Å². The first-order chi connectivity index (χ1) is 5.11. The first-order valence-electron chi connectivity index (χ1n) is 3.06. The summed E-state index contributed by atoms with van der Waals surface area (Å²) < 4.78 is 0.700. The number of carbonyl (C=O) groups excluding carboxylic acids is 1. The first-order valence-corrected chi connectivity index (χ1v) is 3.94. The molecule has 1 amide bonds. The molecule has 0 atom stereocenters. The van der Waals surface area contributed by atoms with Crippen molar-refractivity contribution >= 4 is 22.4 Å². The van der Waals surface area contributed by atoms with E-state index in [1.807, 2.05) is 0 Å². The Bertz CT molecular complexity index is 282. The summed E-state index contributed by atoms with van der Waals surface area (Å²) in [5.41, 5.74) is 0.596. The molecule has 5 heteroatoms. The third kappa shape index (κ3) is 1.68. The van der Waals surface area contributed by atoms with Gasteiger partial charge in [0, 0.05) is 12.3 Å². The van der Waals surface area contributed by atoms with Crippen LogP contribution in [0.2, 0.25) is 0 Å². The Morgan fingerprint density at radius 1 is 1.82 bits per heavy atom. The van der Waals surface area contributed by atoms with E-state index in [-0.39, 0.29) is 5.91 Å². The molecule has 11 heavy (non-hydrogen) atoms. The van der Waals surface area contributed by atoms with Gasteiger partial charge in [0.25, 0.3) is 0 Å². The van der Waals surface area contributed by atoms with Gasteiger partial charge in [0.1, 0.15) is 5.69 Å². The lowest BCUT2D eigenvalue weighted by atomic mass is 10.6. The van der Waals surface area contributed by atoms with Crippen molar-refractivity contribution < 1.29 is 9.52 Å². The maximum atomic E-state index is 11.0. The summed E-state index contributed by atoms with van der Waals surface area (Å²) in [5.74, 6) is -0.226. The highest BCUT2D eigenvalue weighted by molar-refractivity contribution is 7.13. The number of thiazole rings is 1. The van der Waals surface area contributed by atoms with Crippen LogP contribution in [-0.2, 0) is 4.79 Å². The zero-order valence-electron chi connectivity index (χ0n) is 6.25. The van der Waals surface area contributed by atoms with Gasteiger partial charge in [-0.3, -0.25) is 0 Å². The zero-order valence-corrected chi connectivity index (χ0v) is 7.07. The van der Waals surface area contributed by atoms with Crippen LogP contribution in [0.5, 0.6) is 0 Å². The SMILES string of the molecule is CC(=O)Nc1scc(C)[n+]1[O-]. The Morgan fingerprint density at radius 3 is 2.82 bits per heavy atom. The minimum absolute atomic E-state index is 0.226. The third-order valence-electron chi connectivity index (χ3n) is 1.13. The number of nitrogens with zero attached hydrogens (tertiary/aromatic N) is 1. The lowest BCUT2D eigenvalue weighted by molar-refractivity contribution is -0.592. The monoisotopic (exact) mass is 172 g/mol. The van der Waals surface area contributed by atoms with Crippen LogP contribution in [0.4, 0.5) is 5.13 Å². The van der Waals surface area contributed by atoms with Crippen molar-refractivity contribution in [3.05, 3.63) is 16.3 Å². The van der Waals surface area contributed by atoms with Gasteiger partial charge in [-0.05, 0) is 6.92 Å². The smallest absolute Gasteiger partial charge is 0.344 e. The Kier molecular flexibility index (Phi) is 2.09. The van der Waals surface area contributed by atoms with Gasteiger partial charge in [-0.1, -0.05) is 11.3 Å². The minimum atomic E-state index is -0.226. The minimum Gasteiger partial charge on any atom is -0.710 e. The molecule has 0 saturated carbocycles. The van der Waals surface area contributed by atoms with E-state index in [2.05, 4.69) is 5.32 Å². The Hall–Kier alpha value is -1.10. The number of hydrogen-bond donors (Lipinski definition) is 1. The topological polar surface area (TPSA) is 56.0 Å². The number of rotatable bonds is 1. The van der Waals surface area contributed by atoms with E-state index in [1.54, 1.807) is 12.3 Å². The molecule has 1 rings (SSSR count). The molecule has 0 radical (unpaired) electrons. The second-order valence-electron chi connectivity index (χ2n) is 2.16. The van der Waals surface area contributed by atoms with Crippen molar-refractivity contribution in [3.63, 3.8) is 0 Å². The van der Waals surface area contributed by atoms with E-state index in [0.29, 0.717) is 15.6 Å². The van der Waals surface area contributed by atoms with E-state index in [4.69, 9.17) is 0 Å². The predicted molar refractivity (Wildman–Crippen MR) is 42.3 cm³/mol. The maximum absolute atomic E-state index is 11.0. The molecular formula is C6H8N2O2S. The van der Waals surface area contributed by atoms with Gasteiger partial charge in [0.15, 0.2) is 0 Å². The van der Waals surface area contributed by atoms with Crippen LogP contribution in [0.15, 0.2) is 5.38 Å². The zero-order chi connectivity index (χ0) is 8.43. The van der Waals surface area contributed by atoms with E-state index < -0.39 is 0 Å². The molecule has 0 bridgehead atoms. The fraction of sp³-hybridized carbons (Fsp3) is 0.333. The number of nitrogens with one attached hydrogen (secondary N) is 1. The third-order valence-corrected chi connectivity index (χ3v) is 2.08. The molecule has 0 fully saturated rings. The molecule has 0 unspecified atom stereocenters. The van der Waals surface area contributed by atoms with Gasteiger partial charge < -0.3 is 5.21 Å². The average molecular weight is 172 g/mol.